The first-order valence-electron chi connectivity index (χ1n) is 11.1. The fourth-order valence-electron chi connectivity index (χ4n) is 3.65. The second-order valence-corrected chi connectivity index (χ2v) is 7.71. The van der Waals surface area contributed by atoms with Crippen LogP contribution in [0.5, 0.6) is 0 Å². The van der Waals surface area contributed by atoms with Crippen LogP contribution in [0.2, 0.25) is 0 Å². The number of nitriles is 1. The Bertz CT molecular complexity index is 1390. The Labute approximate surface area is 202 Å². The topological polar surface area (TPSA) is 113 Å². The predicted octanol–water partition coefficient (Wildman–Crippen LogP) is 3.66. The van der Waals surface area contributed by atoms with Gasteiger partial charge in [0.1, 0.15) is 18.1 Å². The largest absolute Gasteiger partial charge is 0.465 e. The number of rotatable bonds is 8. The summed E-state index contributed by atoms with van der Waals surface area (Å²) in [5, 5.41) is 12.3. The smallest absolute Gasteiger partial charge is 0.326 e. The van der Waals surface area contributed by atoms with Gasteiger partial charge in [0.2, 0.25) is 0 Å². The summed E-state index contributed by atoms with van der Waals surface area (Å²) >= 11 is 0. The number of amides is 1. The molecule has 176 valence electrons. The number of fused-ring (bicyclic) bond motifs is 1. The van der Waals surface area contributed by atoms with E-state index in [1.165, 1.54) is 11.1 Å². The highest BCUT2D eigenvalue weighted by atomic mass is 16.5. The molecule has 0 radical (unpaired) electrons. The van der Waals surface area contributed by atoms with E-state index < -0.39 is 11.9 Å². The molecule has 0 aliphatic heterocycles. The highest BCUT2D eigenvalue weighted by Crippen LogP contribution is 2.24. The first-order valence-corrected chi connectivity index (χ1v) is 11.1. The molecule has 0 atom stereocenters. The third kappa shape index (κ3) is 5.28. The molecule has 4 aromatic rings. The van der Waals surface area contributed by atoms with E-state index in [9.17, 15) is 9.59 Å². The number of ether oxygens (including phenoxy) is 1. The van der Waals surface area contributed by atoms with Crippen molar-refractivity contribution in [3.63, 3.8) is 0 Å². The monoisotopic (exact) mass is 468 g/mol. The van der Waals surface area contributed by atoms with Crippen LogP contribution in [0, 0.1) is 11.3 Å². The van der Waals surface area contributed by atoms with Crippen LogP contribution < -0.4 is 10.2 Å². The van der Waals surface area contributed by atoms with Crippen LogP contribution >= 0.6 is 0 Å². The van der Waals surface area contributed by atoms with Crippen molar-refractivity contribution < 1.29 is 14.3 Å². The summed E-state index contributed by atoms with van der Waals surface area (Å²) in [5.41, 5.74) is 3.78. The van der Waals surface area contributed by atoms with E-state index in [1.807, 2.05) is 29.8 Å². The van der Waals surface area contributed by atoms with Crippen LogP contribution in [0.15, 0.2) is 66.9 Å². The van der Waals surface area contributed by atoms with Crippen LogP contribution in [-0.2, 0) is 23.1 Å². The molecular weight excluding hydrogens is 444 g/mol. The second kappa shape index (κ2) is 10.5. The lowest BCUT2D eigenvalue weighted by molar-refractivity contribution is -0.141. The van der Waals surface area contributed by atoms with E-state index in [-0.39, 0.29) is 18.8 Å². The molecule has 9 heteroatoms. The number of nitrogens with one attached hydrogen (secondary N) is 1. The lowest BCUT2D eigenvalue weighted by Gasteiger charge is -2.21. The van der Waals surface area contributed by atoms with Gasteiger partial charge in [-0.05, 0) is 61.5 Å². The van der Waals surface area contributed by atoms with Gasteiger partial charge in [0.15, 0.2) is 0 Å². The quantitative estimate of drug-likeness (QED) is 0.393. The van der Waals surface area contributed by atoms with Crippen molar-refractivity contribution in [1.82, 2.24) is 14.5 Å². The van der Waals surface area contributed by atoms with Gasteiger partial charge in [-0.1, -0.05) is 6.07 Å². The highest BCUT2D eigenvalue weighted by molar-refractivity contribution is 6.07. The standard InChI is InChI=1S/C26H24N6O3/c1-3-35-25(33)17-32(26(34)21-6-4-5-13-28-21)20-11-12-23-22(14-20)30-24(31(23)2)16-29-19-9-7-18(15-27)8-10-19/h4-14,29H,3,16-17H2,1-2H3. The second-order valence-electron chi connectivity index (χ2n) is 7.71. The van der Waals surface area contributed by atoms with Gasteiger partial charge >= 0.3 is 5.97 Å². The van der Waals surface area contributed by atoms with Crippen molar-refractivity contribution in [1.29, 1.82) is 5.26 Å². The summed E-state index contributed by atoms with van der Waals surface area (Å²) in [7, 11) is 1.92. The fraction of sp³-hybridized carbons (Fsp3) is 0.192. The molecule has 0 aliphatic carbocycles. The number of hydrogen-bond donors (Lipinski definition) is 1. The Morgan fingerprint density at radius 3 is 2.63 bits per heavy atom. The molecule has 4 rings (SSSR count). The molecule has 9 nitrogen and oxygen atoms in total. The van der Waals surface area contributed by atoms with Crippen LogP contribution in [0.25, 0.3) is 11.0 Å². The van der Waals surface area contributed by atoms with Crippen LogP contribution in [0.1, 0.15) is 28.8 Å². The minimum absolute atomic E-state index is 0.222. The van der Waals surface area contributed by atoms with Gasteiger partial charge in [-0.15, -0.1) is 0 Å². The number of hydrogen-bond acceptors (Lipinski definition) is 7. The molecule has 2 heterocycles. The molecule has 2 aromatic heterocycles. The number of anilines is 2. The Morgan fingerprint density at radius 1 is 1.14 bits per heavy atom. The Hall–Kier alpha value is -4.71. The number of carbonyl (C=O) groups excluding carboxylic acids is 2. The maximum Gasteiger partial charge on any atom is 0.326 e. The maximum absolute atomic E-state index is 13.2. The number of esters is 1. The van der Waals surface area contributed by atoms with Crippen molar-refractivity contribution in [3.05, 3.63) is 83.9 Å². The van der Waals surface area contributed by atoms with Gasteiger partial charge in [0.05, 0.1) is 35.8 Å². The van der Waals surface area contributed by atoms with Crippen LogP contribution in [-0.4, -0.2) is 39.6 Å². The molecule has 0 saturated heterocycles. The molecule has 35 heavy (non-hydrogen) atoms. The molecule has 1 N–H and O–H groups in total. The van der Waals surface area contributed by atoms with E-state index in [4.69, 9.17) is 15.0 Å². The van der Waals surface area contributed by atoms with Crippen molar-refractivity contribution in [2.24, 2.45) is 7.05 Å². The number of benzene rings is 2. The number of carbonyl (C=O) groups is 2. The molecule has 0 spiro atoms. The average molecular weight is 469 g/mol. The highest BCUT2D eigenvalue weighted by Gasteiger charge is 2.23. The third-order valence-electron chi connectivity index (χ3n) is 5.46. The predicted molar refractivity (Wildman–Crippen MR) is 132 cm³/mol. The first-order chi connectivity index (χ1) is 17.0. The van der Waals surface area contributed by atoms with E-state index in [0.29, 0.717) is 23.3 Å². The van der Waals surface area contributed by atoms with Gasteiger partial charge in [-0.2, -0.15) is 5.26 Å². The van der Waals surface area contributed by atoms with Crippen molar-refractivity contribution in [2.75, 3.05) is 23.4 Å². The van der Waals surface area contributed by atoms with Gasteiger partial charge in [0, 0.05) is 24.6 Å². The molecule has 0 saturated carbocycles. The molecule has 0 unspecified atom stereocenters. The Kier molecular flexibility index (Phi) is 7.02. The van der Waals surface area contributed by atoms with E-state index >= 15 is 0 Å². The van der Waals surface area contributed by atoms with Gasteiger partial charge < -0.3 is 14.6 Å². The van der Waals surface area contributed by atoms with Crippen molar-refractivity contribution >= 4 is 34.3 Å². The lowest BCUT2D eigenvalue weighted by Crippen LogP contribution is -2.37. The zero-order valence-corrected chi connectivity index (χ0v) is 19.4. The maximum atomic E-state index is 13.2. The Balaban J connectivity index is 1.61. The minimum Gasteiger partial charge on any atom is -0.465 e. The first kappa shape index (κ1) is 23.4. The molecule has 0 bridgehead atoms. The number of aromatic nitrogens is 3. The van der Waals surface area contributed by atoms with E-state index in [0.717, 1.165) is 17.0 Å². The summed E-state index contributed by atoms with van der Waals surface area (Å²) in [6.45, 7) is 2.16. The zero-order valence-electron chi connectivity index (χ0n) is 19.4. The van der Waals surface area contributed by atoms with Crippen molar-refractivity contribution in [3.8, 4) is 6.07 Å². The van der Waals surface area contributed by atoms with Crippen molar-refractivity contribution in [2.45, 2.75) is 13.5 Å². The molecule has 1 amide bonds. The Morgan fingerprint density at radius 2 is 1.94 bits per heavy atom. The number of pyridine rings is 1. The molecule has 0 aliphatic rings. The number of nitrogens with zero attached hydrogens (tertiary/aromatic N) is 5. The van der Waals surface area contributed by atoms with Gasteiger partial charge in [0.25, 0.3) is 5.91 Å². The number of imidazole rings is 1. The third-order valence-corrected chi connectivity index (χ3v) is 5.46. The van der Waals surface area contributed by atoms with E-state index in [1.54, 1.807) is 49.4 Å². The lowest BCUT2D eigenvalue weighted by atomic mass is 10.2. The summed E-state index contributed by atoms with van der Waals surface area (Å²) in [6, 6.07) is 19.8. The molecule has 2 aromatic carbocycles. The summed E-state index contributed by atoms with van der Waals surface area (Å²) in [4.78, 5) is 35.7. The van der Waals surface area contributed by atoms with Crippen LogP contribution in [0.4, 0.5) is 11.4 Å². The average Bonchev–Trinajstić information content (AvgIpc) is 3.21. The van der Waals surface area contributed by atoms with Crippen LogP contribution in [0.3, 0.4) is 0 Å². The number of aryl methyl sites for hydroxylation is 1. The normalized spacial score (nSPS) is 10.5. The van der Waals surface area contributed by atoms with E-state index in [2.05, 4.69) is 16.4 Å². The fourth-order valence-corrected chi connectivity index (χ4v) is 3.65. The summed E-state index contributed by atoms with van der Waals surface area (Å²) in [6.07, 6.45) is 1.53. The minimum atomic E-state index is -0.509. The zero-order chi connectivity index (χ0) is 24.8. The molecular formula is C26H24N6O3. The van der Waals surface area contributed by atoms with Gasteiger partial charge in [-0.3, -0.25) is 19.5 Å². The summed E-state index contributed by atoms with van der Waals surface area (Å²) < 4.78 is 7.04. The van der Waals surface area contributed by atoms with Gasteiger partial charge in [-0.25, -0.2) is 4.98 Å². The molecule has 0 fully saturated rings. The summed E-state index contributed by atoms with van der Waals surface area (Å²) in [5.74, 6) is -0.128. The SMILES string of the molecule is CCOC(=O)CN(C(=O)c1ccccn1)c1ccc2c(c1)nc(CNc1ccc(C#N)cc1)n2C.